The van der Waals surface area contributed by atoms with Gasteiger partial charge in [-0.05, 0) is 26.8 Å². The molecule has 21 heavy (non-hydrogen) atoms. The molecule has 0 aliphatic carbocycles. The van der Waals surface area contributed by atoms with Crippen molar-refractivity contribution in [1.29, 1.82) is 0 Å². The summed E-state index contributed by atoms with van der Waals surface area (Å²) in [7, 11) is 1.56. The van der Waals surface area contributed by atoms with Gasteiger partial charge in [0.05, 0.1) is 16.0 Å². The largest absolute Gasteiger partial charge is 0.370 e. The van der Waals surface area contributed by atoms with Crippen molar-refractivity contribution in [2.24, 2.45) is 5.41 Å². The second-order valence-corrected chi connectivity index (χ2v) is 5.63. The Hall–Kier alpha value is -1.82. The van der Waals surface area contributed by atoms with E-state index in [4.69, 9.17) is 11.6 Å². The zero-order valence-corrected chi connectivity index (χ0v) is 13.5. The van der Waals surface area contributed by atoms with Crippen molar-refractivity contribution in [1.82, 2.24) is 15.6 Å². The van der Waals surface area contributed by atoms with Gasteiger partial charge in [-0.15, -0.1) is 0 Å². The highest BCUT2D eigenvalue weighted by atomic mass is 35.5. The number of carbonyl (C=O) groups excluding carboxylic acids is 2. The van der Waals surface area contributed by atoms with Gasteiger partial charge in [-0.3, -0.25) is 9.59 Å². The number of aromatic nitrogens is 1. The Balaban J connectivity index is 2.80. The molecule has 0 radical (unpaired) electrons. The molecule has 1 heterocycles. The molecule has 1 aromatic rings. The summed E-state index contributed by atoms with van der Waals surface area (Å²) in [6, 6.07) is 1.59. The molecular weight excluding hydrogens is 292 g/mol. The third-order valence-electron chi connectivity index (χ3n) is 2.99. The van der Waals surface area contributed by atoms with Gasteiger partial charge in [-0.2, -0.15) is 0 Å². The molecule has 0 aliphatic rings. The van der Waals surface area contributed by atoms with E-state index in [9.17, 15) is 9.59 Å². The van der Waals surface area contributed by atoms with Crippen molar-refractivity contribution in [2.75, 3.05) is 25.5 Å². The number of carbonyl (C=O) groups is 2. The van der Waals surface area contributed by atoms with Gasteiger partial charge < -0.3 is 16.0 Å². The van der Waals surface area contributed by atoms with Crippen LogP contribution in [0.25, 0.3) is 0 Å². The fraction of sp³-hybridized carbons (Fsp3) is 0.500. The lowest BCUT2D eigenvalue weighted by molar-refractivity contribution is -0.128. The number of anilines is 1. The standard InChI is InChI=1S/C14H21ClN4O2/c1-5-17-11-6-9(10(15)7-18-11)12(20)19-8-14(2,3)13(21)16-4/h6-7H,5,8H2,1-4H3,(H,16,21)(H,17,18)(H,19,20). The minimum Gasteiger partial charge on any atom is -0.370 e. The molecule has 3 N–H and O–H groups in total. The molecule has 0 fully saturated rings. The number of halogens is 1. The Morgan fingerprint density at radius 1 is 1.38 bits per heavy atom. The Labute approximate surface area is 129 Å². The first-order valence-electron chi connectivity index (χ1n) is 6.71. The summed E-state index contributed by atoms with van der Waals surface area (Å²) in [6.45, 7) is 6.34. The van der Waals surface area contributed by atoms with Gasteiger partial charge in [0.15, 0.2) is 0 Å². The summed E-state index contributed by atoms with van der Waals surface area (Å²) in [4.78, 5) is 28.0. The van der Waals surface area contributed by atoms with Gasteiger partial charge in [0.2, 0.25) is 5.91 Å². The van der Waals surface area contributed by atoms with E-state index in [2.05, 4.69) is 20.9 Å². The summed E-state index contributed by atoms with van der Waals surface area (Å²) < 4.78 is 0. The third kappa shape index (κ3) is 4.60. The van der Waals surface area contributed by atoms with E-state index in [1.807, 2.05) is 6.92 Å². The molecular formula is C14H21ClN4O2. The lowest BCUT2D eigenvalue weighted by atomic mass is 9.92. The molecule has 0 saturated carbocycles. The number of hydrogen-bond donors (Lipinski definition) is 3. The van der Waals surface area contributed by atoms with Crippen LogP contribution in [0.3, 0.4) is 0 Å². The van der Waals surface area contributed by atoms with Crippen LogP contribution in [0.15, 0.2) is 12.3 Å². The Morgan fingerprint density at radius 2 is 2.05 bits per heavy atom. The van der Waals surface area contributed by atoms with E-state index in [1.54, 1.807) is 27.0 Å². The Bertz CT molecular complexity index is 532. The van der Waals surface area contributed by atoms with E-state index in [0.717, 1.165) is 0 Å². The van der Waals surface area contributed by atoms with E-state index < -0.39 is 5.41 Å². The molecule has 116 valence electrons. The normalized spacial score (nSPS) is 10.9. The van der Waals surface area contributed by atoms with Crippen LogP contribution in [0.4, 0.5) is 5.82 Å². The summed E-state index contributed by atoms with van der Waals surface area (Å²) in [5.41, 5.74) is -0.371. The highest BCUT2D eigenvalue weighted by Crippen LogP contribution is 2.19. The minimum absolute atomic E-state index is 0.142. The molecule has 0 atom stereocenters. The first-order chi connectivity index (χ1) is 9.81. The van der Waals surface area contributed by atoms with Crippen LogP contribution >= 0.6 is 11.6 Å². The average Bonchev–Trinajstić information content (AvgIpc) is 2.46. The Kier molecular flexibility index (Phi) is 5.96. The van der Waals surface area contributed by atoms with Crippen molar-refractivity contribution in [3.63, 3.8) is 0 Å². The Morgan fingerprint density at radius 3 is 2.62 bits per heavy atom. The highest BCUT2D eigenvalue weighted by Gasteiger charge is 2.27. The zero-order valence-electron chi connectivity index (χ0n) is 12.7. The van der Waals surface area contributed by atoms with Crippen molar-refractivity contribution >= 4 is 29.2 Å². The summed E-state index contributed by atoms with van der Waals surface area (Å²) in [5, 5.41) is 8.58. The quantitative estimate of drug-likeness (QED) is 0.746. The topological polar surface area (TPSA) is 83.1 Å². The first-order valence-corrected chi connectivity index (χ1v) is 7.09. The predicted molar refractivity (Wildman–Crippen MR) is 83.6 cm³/mol. The van der Waals surface area contributed by atoms with Gasteiger partial charge in [0.25, 0.3) is 5.91 Å². The lowest BCUT2D eigenvalue weighted by Gasteiger charge is -2.23. The van der Waals surface area contributed by atoms with Crippen molar-refractivity contribution < 1.29 is 9.59 Å². The SMILES string of the molecule is CCNc1cc(C(=O)NCC(C)(C)C(=O)NC)c(Cl)cn1. The molecule has 1 aromatic heterocycles. The maximum absolute atomic E-state index is 12.2. The average molecular weight is 313 g/mol. The number of amides is 2. The fourth-order valence-corrected chi connectivity index (χ4v) is 1.89. The van der Waals surface area contributed by atoms with Gasteiger partial charge in [-0.25, -0.2) is 4.98 Å². The van der Waals surface area contributed by atoms with Gasteiger partial charge in [-0.1, -0.05) is 11.6 Å². The summed E-state index contributed by atoms with van der Waals surface area (Å²) >= 11 is 6.00. The van der Waals surface area contributed by atoms with Crippen LogP contribution in [0, 0.1) is 5.41 Å². The number of hydrogen-bond acceptors (Lipinski definition) is 4. The number of nitrogens with zero attached hydrogens (tertiary/aromatic N) is 1. The van der Waals surface area contributed by atoms with E-state index in [-0.39, 0.29) is 23.4 Å². The number of pyridine rings is 1. The van der Waals surface area contributed by atoms with Gasteiger partial charge in [0.1, 0.15) is 5.82 Å². The van der Waals surface area contributed by atoms with Crippen LogP contribution < -0.4 is 16.0 Å². The zero-order chi connectivity index (χ0) is 16.0. The number of rotatable bonds is 6. The second-order valence-electron chi connectivity index (χ2n) is 5.23. The molecule has 6 nitrogen and oxygen atoms in total. The third-order valence-corrected chi connectivity index (χ3v) is 3.29. The summed E-state index contributed by atoms with van der Waals surface area (Å²) in [5.74, 6) is 0.105. The molecule has 0 aromatic carbocycles. The second kappa shape index (κ2) is 7.26. The molecule has 0 unspecified atom stereocenters. The van der Waals surface area contributed by atoms with Crippen LogP contribution in [0.2, 0.25) is 5.02 Å². The fourth-order valence-electron chi connectivity index (χ4n) is 1.71. The van der Waals surface area contributed by atoms with Crippen LogP contribution in [0.5, 0.6) is 0 Å². The van der Waals surface area contributed by atoms with E-state index in [0.29, 0.717) is 17.9 Å². The van der Waals surface area contributed by atoms with Gasteiger partial charge >= 0.3 is 0 Å². The first kappa shape index (κ1) is 17.2. The van der Waals surface area contributed by atoms with E-state index >= 15 is 0 Å². The van der Waals surface area contributed by atoms with Crippen LogP contribution in [-0.2, 0) is 4.79 Å². The monoisotopic (exact) mass is 312 g/mol. The number of nitrogens with one attached hydrogen (secondary N) is 3. The van der Waals surface area contributed by atoms with Crippen LogP contribution in [0.1, 0.15) is 31.1 Å². The molecule has 2 amide bonds. The summed E-state index contributed by atoms with van der Waals surface area (Å²) in [6.07, 6.45) is 1.43. The predicted octanol–water partition coefficient (Wildman–Crippen LogP) is 1.67. The smallest absolute Gasteiger partial charge is 0.253 e. The molecule has 0 aliphatic heterocycles. The molecule has 1 rings (SSSR count). The van der Waals surface area contributed by atoms with E-state index in [1.165, 1.54) is 6.20 Å². The molecule has 0 bridgehead atoms. The minimum atomic E-state index is -0.700. The molecule has 0 spiro atoms. The maximum atomic E-state index is 12.2. The highest BCUT2D eigenvalue weighted by molar-refractivity contribution is 6.33. The lowest BCUT2D eigenvalue weighted by Crippen LogP contribution is -2.43. The van der Waals surface area contributed by atoms with Gasteiger partial charge in [0, 0.05) is 26.3 Å². The molecule has 0 saturated heterocycles. The van der Waals surface area contributed by atoms with Crippen molar-refractivity contribution in [3.05, 3.63) is 22.8 Å². The van der Waals surface area contributed by atoms with Crippen LogP contribution in [-0.4, -0.2) is 36.9 Å². The molecule has 7 heteroatoms. The van der Waals surface area contributed by atoms with Crippen molar-refractivity contribution in [2.45, 2.75) is 20.8 Å². The maximum Gasteiger partial charge on any atom is 0.253 e. The van der Waals surface area contributed by atoms with Crippen molar-refractivity contribution in [3.8, 4) is 0 Å².